The molecule has 0 unspecified atom stereocenters. The van der Waals surface area contributed by atoms with Gasteiger partial charge in [-0.3, -0.25) is 0 Å². The Kier molecular flexibility index (Phi) is 9.89. The summed E-state index contributed by atoms with van der Waals surface area (Å²) >= 11 is 0. The summed E-state index contributed by atoms with van der Waals surface area (Å²) in [6, 6.07) is 3.87. The van der Waals surface area contributed by atoms with E-state index in [4.69, 9.17) is 18.0 Å². The van der Waals surface area contributed by atoms with Crippen molar-refractivity contribution in [2.75, 3.05) is 6.61 Å². The normalized spacial score (nSPS) is 26.4. The summed E-state index contributed by atoms with van der Waals surface area (Å²) in [5.41, 5.74) is -1.63. The first-order valence-electron chi connectivity index (χ1n) is 13.9. The third-order valence-electron chi connectivity index (χ3n) is 8.95. The van der Waals surface area contributed by atoms with Crippen LogP contribution >= 0.6 is 0 Å². The first-order valence-corrected chi connectivity index (χ1v) is 19.7. The minimum Gasteiger partial charge on any atom is -0.466 e. The van der Waals surface area contributed by atoms with Gasteiger partial charge >= 0.3 is 0 Å². The maximum atomic E-state index is 11.4. The van der Waals surface area contributed by atoms with Gasteiger partial charge in [-0.25, -0.2) is 0 Å². The van der Waals surface area contributed by atoms with Crippen LogP contribution in [0.2, 0.25) is 36.3 Å². The van der Waals surface area contributed by atoms with E-state index in [-0.39, 0.29) is 22.6 Å². The van der Waals surface area contributed by atoms with Crippen LogP contribution in [0.5, 0.6) is 0 Å². The summed E-state index contributed by atoms with van der Waals surface area (Å²) in [7, 11) is -4.09. The van der Waals surface area contributed by atoms with Crippen LogP contribution in [-0.4, -0.2) is 63.0 Å². The fourth-order valence-electron chi connectivity index (χ4n) is 4.31. The Hall–Kier alpha value is -0.486. The maximum absolute atomic E-state index is 11.4. The van der Waals surface area contributed by atoms with Crippen LogP contribution in [0.3, 0.4) is 0 Å². The van der Waals surface area contributed by atoms with Crippen LogP contribution in [0, 0.1) is 6.92 Å². The standard InChI is InChI=1S/C29H56O6Si2/c1-21-14-15-22(33-21)16-17-28(8,31)18-23(30)25-24(35-37(12,13)27(5,6)7)19-29(9,34-25)20-32-36(10,11)26(2,3)4/h14-15,23-25,30-31H,16-20H2,1-13H3/t23-,24-,25-,28+,29-/m1/s1. The highest BCUT2D eigenvalue weighted by Crippen LogP contribution is 2.44. The van der Waals surface area contributed by atoms with Gasteiger partial charge in [0.1, 0.15) is 17.6 Å². The van der Waals surface area contributed by atoms with Gasteiger partial charge in [0.05, 0.1) is 30.0 Å². The Morgan fingerprint density at radius 1 is 1.03 bits per heavy atom. The lowest BCUT2D eigenvalue weighted by Gasteiger charge is -2.40. The molecule has 1 aromatic rings. The van der Waals surface area contributed by atoms with Crippen LogP contribution in [-0.2, 0) is 20.0 Å². The first-order chi connectivity index (χ1) is 16.5. The van der Waals surface area contributed by atoms with Crippen molar-refractivity contribution in [3.05, 3.63) is 23.7 Å². The molecule has 1 aromatic heterocycles. The van der Waals surface area contributed by atoms with E-state index in [1.54, 1.807) is 6.92 Å². The van der Waals surface area contributed by atoms with Crippen molar-refractivity contribution in [1.29, 1.82) is 0 Å². The van der Waals surface area contributed by atoms with E-state index < -0.39 is 40.0 Å². The molecule has 0 saturated carbocycles. The van der Waals surface area contributed by atoms with Crippen LogP contribution in [0.25, 0.3) is 0 Å². The monoisotopic (exact) mass is 556 g/mol. The topological polar surface area (TPSA) is 81.3 Å². The third kappa shape index (κ3) is 8.75. The molecule has 1 fully saturated rings. The predicted octanol–water partition coefficient (Wildman–Crippen LogP) is 6.98. The van der Waals surface area contributed by atoms with Crippen molar-refractivity contribution in [3.63, 3.8) is 0 Å². The van der Waals surface area contributed by atoms with Crippen LogP contribution in [0.15, 0.2) is 16.5 Å². The van der Waals surface area contributed by atoms with Gasteiger partial charge < -0.3 is 28.2 Å². The van der Waals surface area contributed by atoms with Gasteiger partial charge in [0.15, 0.2) is 16.6 Å². The van der Waals surface area contributed by atoms with Gasteiger partial charge in [0, 0.05) is 19.3 Å². The van der Waals surface area contributed by atoms with Crippen molar-refractivity contribution in [3.8, 4) is 0 Å². The number of furan rings is 1. The lowest BCUT2D eigenvalue weighted by molar-refractivity contribution is -0.125. The molecule has 216 valence electrons. The summed E-state index contributed by atoms with van der Waals surface area (Å²) in [6.45, 7) is 28.6. The summed E-state index contributed by atoms with van der Waals surface area (Å²) < 4.78 is 25.7. The molecule has 1 aliphatic heterocycles. The van der Waals surface area contributed by atoms with Crippen LogP contribution in [0.4, 0.5) is 0 Å². The van der Waals surface area contributed by atoms with Gasteiger partial charge in [-0.05, 0) is 75.6 Å². The molecule has 1 saturated heterocycles. The van der Waals surface area contributed by atoms with Crippen molar-refractivity contribution < 1.29 is 28.2 Å². The molecule has 2 N–H and O–H groups in total. The molecule has 0 aliphatic carbocycles. The number of ether oxygens (including phenoxy) is 1. The van der Waals surface area contributed by atoms with Gasteiger partial charge in [-0.2, -0.15) is 0 Å². The molecule has 0 amide bonds. The summed E-state index contributed by atoms with van der Waals surface area (Å²) in [4.78, 5) is 0. The zero-order valence-electron chi connectivity index (χ0n) is 25.9. The fourth-order valence-corrected chi connectivity index (χ4v) is 6.73. The van der Waals surface area contributed by atoms with E-state index in [2.05, 4.69) is 74.7 Å². The molecule has 0 radical (unpaired) electrons. The summed E-state index contributed by atoms with van der Waals surface area (Å²) in [5, 5.41) is 22.8. The second-order valence-electron chi connectivity index (χ2n) is 15.0. The molecule has 2 heterocycles. The highest BCUT2D eigenvalue weighted by Gasteiger charge is 2.52. The number of rotatable bonds is 11. The highest BCUT2D eigenvalue weighted by molar-refractivity contribution is 6.74. The molecule has 1 aliphatic rings. The minimum absolute atomic E-state index is 0.0335. The molecular formula is C29H56O6Si2. The number of aliphatic hydroxyl groups is 2. The molecular weight excluding hydrogens is 500 g/mol. The third-order valence-corrected chi connectivity index (χ3v) is 17.9. The molecule has 37 heavy (non-hydrogen) atoms. The second-order valence-corrected chi connectivity index (χ2v) is 24.5. The zero-order chi connectivity index (χ0) is 28.7. The van der Waals surface area contributed by atoms with Crippen molar-refractivity contribution in [2.45, 2.75) is 154 Å². The van der Waals surface area contributed by atoms with E-state index in [1.165, 1.54) is 0 Å². The van der Waals surface area contributed by atoms with E-state index in [0.29, 0.717) is 25.9 Å². The Morgan fingerprint density at radius 2 is 1.59 bits per heavy atom. The van der Waals surface area contributed by atoms with Gasteiger partial charge in [-0.15, -0.1) is 0 Å². The molecule has 0 aromatic carbocycles. The molecule has 0 spiro atoms. The second kappa shape index (κ2) is 11.2. The SMILES string of the molecule is Cc1ccc(CC[C@](C)(O)C[C@@H](O)[C@H]2O[C@@](C)(CO[Si](C)(C)C(C)(C)C)C[C@H]2O[Si](C)(C)C(C)(C)C)o1. The molecule has 0 bridgehead atoms. The molecule has 8 heteroatoms. The average molecular weight is 557 g/mol. The van der Waals surface area contributed by atoms with E-state index in [1.807, 2.05) is 19.1 Å². The van der Waals surface area contributed by atoms with Crippen molar-refractivity contribution >= 4 is 16.6 Å². The highest BCUT2D eigenvalue weighted by atomic mass is 28.4. The molecule has 5 atom stereocenters. The van der Waals surface area contributed by atoms with Gasteiger partial charge in [0.2, 0.25) is 0 Å². The number of hydrogen-bond acceptors (Lipinski definition) is 6. The zero-order valence-corrected chi connectivity index (χ0v) is 27.9. The Balaban J connectivity index is 2.19. The maximum Gasteiger partial charge on any atom is 0.192 e. The smallest absolute Gasteiger partial charge is 0.192 e. The van der Waals surface area contributed by atoms with Crippen LogP contribution < -0.4 is 0 Å². The van der Waals surface area contributed by atoms with Crippen molar-refractivity contribution in [2.24, 2.45) is 0 Å². The van der Waals surface area contributed by atoms with Gasteiger partial charge in [-0.1, -0.05) is 41.5 Å². The lowest BCUT2D eigenvalue weighted by atomic mass is 9.89. The lowest BCUT2D eigenvalue weighted by Crippen LogP contribution is -2.49. The predicted molar refractivity (Wildman–Crippen MR) is 156 cm³/mol. The Labute approximate surface area is 228 Å². The van der Waals surface area contributed by atoms with E-state index in [0.717, 1.165) is 11.5 Å². The van der Waals surface area contributed by atoms with Crippen LogP contribution in [0.1, 0.15) is 86.2 Å². The first kappa shape index (κ1) is 32.7. The van der Waals surface area contributed by atoms with Gasteiger partial charge in [0.25, 0.3) is 0 Å². The fraction of sp³-hybridized carbons (Fsp3) is 0.862. The number of aliphatic hydroxyl groups excluding tert-OH is 1. The minimum atomic E-state index is -2.12. The average Bonchev–Trinajstić information content (AvgIpc) is 3.26. The van der Waals surface area contributed by atoms with Crippen molar-refractivity contribution in [1.82, 2.24) is 0 Å². The van der Waals surface area contributed by atoms with E-state index >= 15 is 0 Å². The largest absolute Gasteiger partial charge is 0.466 e. The quantitative estimate of drug-likeness (QED) is 0.286. The molecule has 6 nitrogen and oxygen atoms in total. The Morgan fingerprint density at radius 3 is 2.08 bits per heavy atom. The number of aryl methyl sites for hydroxylation is 2. The molecule has 2 rings (SSSR count). The number of hydrogen-bond donors (Lipinski definition) is 2. The Bertz CT molecular complexity index is 880. The summed E-state index contributed by atoms with van der Waals surface area (Å²) in [6.07, 6.45) is 0.312. The van der Waals surface area contributed by atoms with E-state index in [9.17, 15) is 10.2 Å². The summed E-state index contributed by atoms with van der Waals surface area (Å²) in [5.74, 6) is 1.71.